The molecule has 3 rings (SSSR count). The highest BCUT2D eigenvalue weighted by Gasteiger charge is 2.23. The number of aryl methyl sites for hydroxylation is 1. The highest BCUT2D eigenvalue weighted by Crippen LogP contribution is 2.24. The van der Waals surface area contributed by atoms with Gasteiger partial charge >= 0.3 is 5.97 Å². The van der Waals surface area contributed by atoms with E-state index in [1.54, 1.807) is 12.3 Å². The molecular weight excluding hydrogens is 475 g/mol. The van der Waals surface area contributed by atoms with Crippen LogP contribution in [0.25, 0.3) is 0 Å². The molecule has 0 radical (unpaired) electrons. The molecule has 1 heterocycles. The number of aliphatic carboxylic acids is 1. The number of nitrogens with zero attached hydrogens (tertiary/aromatic N) is 1. The van der Waals surface area contributed by atoms with Gasteiger partial charge in [0.2, 0.25) is 0 Å². The molecule has 0 saturated carbocycles. The van der Waals surface area contributed by atoms with Gasteiger partial charge in [0, 0.05) is 24.9 Å². The monoisotopic (exact) mass is 500 g/mol. The first kappa shape index (κ1) is 25.7. The minimum Gasteiger partial charge on any atom is -0.480 e. The lowest BCUT2D eigenvalue weighted by Crippen LogP contribution is -2.42. The molecule has 0 fully saturated rings. The maximum Gasteiger partial charge on any atom is 0.326 e. The van der Waals surface area contributed by atoms with Gasteiger partial charge in [-0.2, -0.15) is 0 Å². The van der Waals surface area contributed by atoms with E-state index in [0.717, 1.165) is 36.1 Å². The fraction of sp³-hybridized carbons (Fsp3) is 0.269. The molecule has 6 nitrogen and oxygen atoms in total. The Hall–Kier alpha value is -2.93. The van der Waals surface area contributed by atoms with Gasteiger partial charge in [-0.3, -0.25) is 9.78 Å². The molecule has 1 amide bonds. The fourth-order valence-corrected chi connectivity index (χ4v) is 3.97. The number of carboxylic acid groups (broad SMARTS) is 1. The van der Waals surface area contributed by atoms with E-state index in [1.807, 2.05) is 42.5 Å². The summed E-state index contributed by atoms with van der Waals surface area (Å²) in [4.78, 5) is 28.6. The molecule has 178 valence electrons. The summed E-state index contributed by atoms with van der Waals surface area (Å²) in [5.41, 5.74) is 2.91. The summed E-state index contributed by atoms with van der Waals surface area (Å²) in [6, 6.07) is 16.9. The maximum atomic E-state index is 12.6. The molecule has 0 unspecified atom stereocenters. The second-order valence-corrected chi connectivity index (χ2v) is 8.63. The van der Waals surface area contributed by atoms with E-state index in [0.29, 0.717) is 13.2 Å². The number of ether oxygens (including phenoxy) is 1. The SMILES string of the molecule is O=C(N[C@@H](Cc1ccc(COCCCCc2ccccn2)cc1)C(=O)O)c1c(Cl)cccc1Cl. The summed E-state index contributed by atoms with van der Waals surface area (Å²) in [5.74, 6) is -1.77. The molecule has 0 saturated heterocycles. The van der Waals surface area contributed by atoms with Crippen molar-refractivity contribution in [1.82, 2.24) is 10.3 Å². The van der Waals surface area contributed by atoms with Crippen molar-refractivity contribution in [1.29, 1.82) is 0 Å². The summed E-state index contributed by atoms with van der Waals surface area (Å²) in [6.45, 7) is 1.14. The lowest BCUT2D eigenvalue weighted by molar-refractivity contribution is -0.139. The molecule has 0 bridgehead atoms. The van der Waals surface area contributed by atoms with E-state index in [-0.39, 0.29) is 22.0 Å². The van der Waals surface area contributed by atoms with Gasteiger partial charge in [0.1, 0.15) is 6.04 Å². The largest absolute Gasteiger partial charge is 0.480 e. The second-order valence-electron chi connectivity index (χ2n) is 7.81. The third-order valence-corrected chi connectivity index (χ3v) is 5.85. The molecular formula is C26H26Cl2N2O4. The van der Waals surface area contributed by atoms with Gasteiger partial charge in [0.15, 0.2) is 0 Å². The quantitative estimate of drug-likeness (QED) is 0.327. The average molecular weight is 501 g/mol. The molecule has 3 aromatic rings. The zero-order chi connectivity index (χ0) is 24.3. The van der Waals surface area contributed by atoms with Crippen molar-refractivity contribution in [2.24, 2.45) is 0 Å². The zero-order valence-corrected chi connectivity index (χ0v) is 20.1. The summed E-state index contributed by atoms with van der Waals surface area (Å²) in [6.07, 6.45) is 4.82. The van der Waals surface area contributed by atoms with Gasteiger partial charge in [0.05, 0.1) is 22.2 Å². The third-order valence-electron chi connectivity index (χ3n) is 5.22. The van der Waals surface area contributed by atoms with Crippen LogP contribution in [-0.2, 0) is 29.0 Å². The number of halogens is 2. The predicted molar refractivity (Wildman–Crippen MR) is 132 cm³/mol. The molecule has 0 aliphatic heterocycles. The van der Waals surface area contributed by atoms with Crippen LogP contribution >= 0.6 is 23.2 Å². The second kappa shape index (κ2) is 13.1. The number of carbonyl (C=O) groups excluding carboxylic acids is 1. The highest BCUT2D eigenvalue weighted by atomic mass is 35.5. The van der Waals surface area contributed by atoms with Gasteiger partial charge in [-0.25, -0.2) is 4.79 Å². The van der Waals surface area contributed by atoms with Crippen LogP contribution in [0, 0.1) is 0 Å². The Balaban J connectivity index is 1.45. The Morgan fingerprint density at radius 1 is 0.941 bits per heavy atom. The Labute approximate surface area is 208 Å². The molecule has 8 heteroatoms. The van der Waals surface area contributed by atoms with Crippen molar-refractivity contribution in [3.05, 3.63) is 99.3 Å². The van der Waals surface area contributed by atoms with E-state index >= 15 is 0 Å². The molecule has 2 N–H and O–H groups in total. The maximum absolute atomic E-state index is 12.6. The standard InChI is InChI=1S/C26H26Cl2N2O4/c27-21-8-5-9-22(28)24(21)25(31)30-23(26(32)33)16-18-10-12-19(13-11-18)17-34-15-4-2-7-20-6-1-3-14-29-20/h1,3,5-6,8-14,23H,2,4,7,15-17H2,(H,30,31)(H,32,33)/t23-/m0/s1. The molecule has 0 aliphatic rings. The molecule has 0 aliphatic carbocycles. The molecule has 2 aromatic carbocycles. The number of carboxylic acids is 1. The predicted octanol–water partition coefficient (Wildman–Crippen LogP) is 5.35. The summed E-state index contributed by atoms with van der Waals surface area (Å²) in [7, 11) is 0. The van der Waals surface area contributed by atoms with Crippen molar-refractivity contribution in [3.8, 4) is 0 Å². The normalized spacial score (nSPS) is 11.7. The number of aromatic nitrogens is 1. The van der Waals surface area contributed by atoms with Crippen LogP contribution in [0.3, 0.4) is 0 Å². The van der Waals surface area contributed by atoms with Gasteiger partial charge in [0.25, 0.3) is 5.91 Å². The van der Waals surface area contributed by atoms with Gasteiger partial charge in [-0.15, -0.1) is 0 Å². The van der Waals surface area contributed by atoms with Crippen LogP contribution in [0.2, 0.25) is 10.0 Å². The zero-order valence-electron chi connectivity index (χ0n) is 18.5. The van der Waals surface area contributed by atoms with Crippen LogP contribution in [0.1, 0.15) is 40.0 Å². The van der Waals surface area contributed by atoms with Crippen molar-refractivity contribution in [2.75, 3.05) is 6.61 Å². The van der Waals surface area contributed by atoms with Crippen molar-refractivity contribution >= 4 is 35.1 Å². The number of nitrogens with one attached hydrogen (secondary N) is 1. The smallest absolute Gasteiger partial charge is 0.326 e. The van der Waals surface area contributed by atoms with Crippen molar-refractivity contribution in [3.63, 3.8) is 0 Å². The summed E-state index contributed by atoms with van der Waals surface area (Å²) in [5, 5.41) is 12.4. The Morgan fingerprint density at radius 3 is 2.29 bits per heavy atom. The van der Waals surface area contributed by atoms with Gasteiger partial charge in [-0.1, -0.05) is 59.6 Å². The highest BCUT2D eigenvalue weighted by molar-refractivity contribution is 6.39. The minimum absolute atomic E-state index is 0.0598. The van der Waals surface area contributed by atoms with Crippen LogP contribution in [0.15, 0.2) is 66.9 Å². The van der Waals surface area contributed by atoms with E-state index < -0.39 is 17.9 Å². The number of hydrogen-bond donors (Lipinski definition) is 2. The van der Waals surface area contributed by atoms with E-state index in [2.05, 4.69) is 10.3 Å². The van der Waals surface area contributed by atoms with Crippen LogP contribution in [0.5, 0.6) is 0 Å². The number of benzene rings is 2. The van der Waals surface area contributed by atoms with E-state index in [9.17, 15) is 14.7 Å². The Morgan fingerprint density at radius 2 is 1.65 bits per heavy atom. The third kappa shape index (κ3) is 7.83. The topological polar surface area (TPSA) is 88.5 Å². The molecule has 0 spiro atoms. The van der Waals surface area contributed by atoms with Crippen LogP contribution in [0.4, 0.5) is 0 Å². The number of pyridine rings is 1. The number of amides is 1. The Kier molecular flexibility index (Phi) is 9.89. The first-order valence-corrected chi connectivity index (χ1v) is 11.7. The molecule has 34 heavy (non-hydrogen) atoms. The van der Waals surface area contributed by atoms with Crippen LogP contribution in [-0.4, -0.2) is 34.6 Å². The number of carbonyl (C=O) groups is 2. The first-order valence-electron chi connectivity index (χ1n) is 11.0. The summed E-state index contributed by atoms with van der Waals surface area (Å²) < 4.78 is 5.74. The summed E-state index contributed by atoms with van der Waals surface area (Å²) >= 11 is 12.1. The molecule has 1 atom stereocenters. The van der Waals surface area contributed by atoms with Gasteiger partial charge in [-0.05, 0) is 54.7 Å². The number of hydrogen-bond acceptors (Lipinski definition) is 4. The van der Waals surface area contributed by atoms with Gasteiger partial charge < -0.3 is 15.2 Å². The number of rotatable bonds is 12. The number of unbranched alkanes of at least 4 members (excludes halogenated alkanes) is 1. The van der Waals surface area contributed by atoms with Crippen molar-refractivity contribution < 1.29 is 19.4 Å². The minimum atomic E-state index is -1.14. The van der Waals surface area contributed by atoms with E-state index in [4.69, 9.17) is 27.9 Å². The average Bonchev–Trinajstić information content (AvgIpc) is 2.82. The van der Waals surface area contributed by atoms with E-state index in [1.165, 1.54) is 12.1 Å². The molecule has 1 aromatic heterocycles. The van der Waals surface area contributed by atoms with Crippen LogP contribution < -0.4 is 5.32 Å². The first-order chi connectivity index (χ1) is 16.4. The lowest BCUT2D eigenvalue weighted by atomic mass is 10.0. The van der Waals surface area contributed by atoms with Crippen molar-refractivity contribution in [2.45, 2.75) is 38.3 Å². The Bertz CT molecular complexity index is 1070. The lowest BCUT2D eigenvalue weighted by Gasteiger charge is -2.16. The fourth-order valence-electron chi connectivity index (χ4n) is 3.40.